The van der Waals surface area contributed by atoms with Crippen LogP contribution >= 0.6 is 0 Å². The summed E-state index contributed by atoms with van der Waals surface area (Å²) in [5.41, 5.74) is 5.03. The molecule has 0 spiro atoms. The van der Waals surface area contributed by atoms with Crippen LogP contribution in [0.15, 0.2) is 0 Å². The number of carboxylic acids is 1. The Labute approximate surface area is 147 Å². The summed E-state index contributed by atoms with van der Waals surface area (Å²) in [6.07, 6.45) is 1.99. The zero-order valence-corrected chi connectivity index (χ0v) is 14.7. The van der Waals surface area contributed by atoms with Crippen LogP contribution in [0.25, 0.3) is 0 Å². The molecule has 0 aliphatic carbocycles. The number of hydrogen-bond acceptors (Lipinski definition) is 5. The number of primary amides is 1. The first-order valence-electron chi connectivity index (χ1n) is 8.61. The van der Waals surface area contributed by atoms with E-state index < -0.39 is 29.9 Å². The summed E-state index contributed by atoms with van der Waals surface area (Å²) in [6, 6.07) is -2.40. The van der Waals surface area contributed by atoms with Gasteiger partial charge in [0.25, 0.3) is 0 Å². The number of hydrogen-bond donors (Lipinski definition) is 5. The van der Waals surface area contributed by atoms with Crippen molar-refractivity contribution in [1.29, 1.82) is 0 Å². The van der Waals surface area contributed by atoms with Gasteiger partial charge in [0.2, 0.25) is 17.7 Å². The SMILES string of the molecule is CCC(C)C(NC(=O)C1CCCN1)C(=O)NC(CCC(N)=O)C(=O)O. The first-order valence-corrected chi connectivity index (χ1v) is 8.61. The maximum atomic E-state index is 12.5. The average Bonchev–Trinajstić information content (AvgIpc) is 3.09. The average molecular weight is 356 g/mol. The van der Waals surface area contributed by atoms with Crippen molar-refractivity contribution in [3.8, 4) is 0 Å². The first kappa shape index (κ1) is 20.9. The molecule has 0 aromatic rings. The number of carbonyl (C=O) groups is 4. The quantitative estimate of drug-likeness (QED) is 0.342. The van der Waals surface area contributed by atoms with E-state index in [9.17, 15) is 24.3 Å². The Balaban J connectivity index is 2.75. The van der Waals surface area contributed by atoms with E-state index in [1.807, 2.05) is 13.8 Å². The van der Waals surface area contributed by atoms with Crippen LogP contribution in [-0.2, 0) is 19.2 Å². The second kappa shape index (κ2) is 9.97. The van der Waals surface area contributed by atoms with Crippen molar-refractivity contribution >= 4 is 23.7 Å². The number of nitrogens with one attached hydrogen (secondary N) is 3. The highest BCUT2D eigenvalue weighted by atomic mass is 16.4. The van der Waals surface area contributed by atoms with E-state index in [0.29, 0.717) is 12.8 Å². The van der Waals surface area contributed by atoms with Crippen LogP contribution in [0.1, 0.15) is 46.0 Å². The number of rotatable bonds is 10. The van der Waals surface area contributed by atoms with Crippen LogP contribution in [-0.4, -0.2) is 53.5 Å². The first-order chi connectivity index (χ1) is 11.8. The third-order valence-electron chi connectivity index (χ3n) is 4.46. The van der Waals surface area contributed by atoms with Gasteiger partial charge in [0.15, 0.2) is 0 Å². The van der Waals surface area contributed by atoms with E-state index in [1.54, 1.807) is 0 Å². The molecule has 0 radical (unpaired) electrons. The molecule has 142 valence electrons. The van der Waals surface area contributed by atoms with Gasteiger partial charge in [-0.2, -0.15) is 0 Å². The molecule has 0 aromatic heterocycles. The van der Waals surface area contributed by atoms with E-state index in [-0.39, 0.29) is 30.7 Å². The lowest BCUT2D eigenvalue weighted by molar-refractivity contribution is -0.142. The van der Waals surface area contributed by atoms with Gasteiger partial charge in [0.05, 0.1) is 6.04 Å². The van der Waals surface area contributed by atoms with Crippen molar-refractivity contribution < 1.29 is 24.3 Å². The lowest BCUT2D eigenvalue weighted by Crippen LogP contribution is -2.56. The summed E-state index contributed by atoms with van der Waals surface area (Å²) in [7, 11) is 0. The minimum absolute atomic E-state index is 0.0955. The predicted octanol–water partition coefficient (Wildman–Crippen LogP) is -0.896. The maximum Gasteiger partial charge on any atom is 0.326 e. The summed E-state index contributed by atoms with van der Waals surface area (Å²) in [5, 5.41) is 17.4. The van der Waals surface area contributed by atoms with E-state index in [0.717, 1.165) is 13.0 Å². The van der Waals surface area contributed by atoms with Crippen molar-refractivity contribution in [3.05, 3.63) is 0 Å². The highest BCUT2D eigenvalue weighted by Crippen LogP contribution is 2.11. The Hall–Kier alpha value is -2.16. The second-order valence-corrected chi connectivity index (χ2v) is 6.43. The third kappa shape index (κ3) is 6.69. The van der Waals surface area contributed by atoms with E-state index in [4.69, 9.17) is 5.73 Å². The Morgan fingerprint density at radius 1 is 1.28 bits per heavy atom. The van der Waals surface area contributed by atoms with Crippen molar-refractivity contribution in [2.45, 2.75) is 64.1 Å². The predicted molar refractivity (Wildman–Crippen MR) is 90.4 cm³/mol. The van der Waals surface area contributed by atoms with Crippen molar-refractivity contribution in [1.82, 2.24) is 16.0 Å². The zero-order valence-electron chi connectivity index (χ0n) is 14.7. The topological polar surface area (TPSA) is 151 Å². The lowest BCUT2D eigenvalue weighted by atomic mass is 9.97. The normalized spacial score (nSPS) is 20.3. The molecule has 0 bridgehead atoms. The molecule has 1 heterocycles. The molecule has 0 saturated carbocycles. The fraction of sp³-hybridized carbons (Fsp3) is 0.750. The van der Waals surface area contributed by atoms with Gasteiger partial charge in [-0.15, -0.1) is 0 Å². The Bertz CT molecular complexity index is 505. The summed E-state index contributed by atoms with van der Waals surface area (Å²) in [6.45, 7) is 4.45. The molecule has 9 heteroatoms. The molecule has 1 saturated heterocycles. The van der Waals surface area contributed by atoms with Gasteiger partial charge in [0, 0.05) is 6.42 Å². The van der Waals surface area contributed by atoms with Crippen molar-refractivity contribution in [2.75, 3.05) is 6.54 Å². The molecule has 3 amide bonds. The third-order valence-corrected chi connectivity index (χ3v) is 4.46. The fourth-order valence-corrected chi connectivity index (χ4v) is 2.67. The van der Waals surface area contributed by atoms with Gasteiger partial charge >= 0.3 is 5.97 Å². The Morgan fingerprint density at radius 3 is 2.44 bits per heavy atom. The minimum Gasteiger partial charge on any atom is -0.480 e. The van der Waals surface area contributed by atoms with Crippen molar-refractivity contribution in [3.63, 3.8) is 0 Å². The van der Waals surface area contributed by atoms with Crippen molar-refractivity contribution in [2.24, 2.45) is 11.7 Å². The molecule has 4 unspecified atom stereocenters. The van der Waals surface area contributed by atoms with Crippen LogP contribution in [0, 0.1) is 5.92 Å². The van der Waals surface area contributed by atoms with Crippen LogP contribution < -0.4 is 21.7 Å². The maximum absolute atomic E-state index is 12.5. The number of aliphatic carboxylic acids is 1. The Kier molecular flexibility index (Phi) is 8.33. The molecule has 25 heavy (non-hydrogen) atoms. The molecule has 9 nitrogen and oxygen atoms in total. The molecular weight excluding hydrogens is 328 g/mol. The van der Waals surface area contributed by atoms with Crippen LogP contribution in [0.2, 0.25) is 0 Å². The molecule has 6 N–H and O–H groups in total. The van der Waals surface area contributed by atoms with Gasteiger partial charge < -0.3 is 26.8 Å². The van der Waals surface area contributed by atoms with E-state index in [2.05, 4.69) is 16.0 Å². The van der Waals surface area contributed by atoms with E-state index >= 15 is 0 Å². The molecule has 1 fully saturated rings. The van der Waals surface area contributed by atoms with Crippen LogP contribution in [0.4, 0.5) is 0 Å². The fourth-order valence-electron chi connectivity index (χ4n) is 2.67. The van der Waals surface area contributed by atoms with Gasteiger partial charge in [0.1, 0.15) is 12.1 Å². The smallest absolute Gasteiger partial charge is 0.326 e. The standard InChI is InChI=1S/C16H28N4O5/c1-3-9(2)13(20-14(22)10-5-4-8-18-10)15(23)19-11(16(24)25)6-7-12(17)21/h9-11,13,18H,3-8H2,1-2H3,(H2,17,21)(H,19,23)(H,20,22)(H,24,25). The van der Waals surface area contributed by atoms with Gasteiger partial charge in [-0.3, -0.25) is 14.4 Å². The summed E-state index contributed by atoms with van der Waals surface area (Å²) >= 11 is 0. The van der Waals surface area contributed by atoms with Gasteiger partial charge in [-0.1, -0.05) is 20.3 Å². The molecule has 4 atom stereocenters. The highest BCUT2D eigenvalue weighted by molar-refractivity contribution is 5.92. The molecule has 1 rings (SSSR count). The minimum atomic E-state index is -1.25. The summed E-state index contributed by atoms with van der Waals surface area (Å²) in [4.78, 5) is 46.9. The monoisotopic (exact) mass is 356 g/mol. The van der Waals surface area contributed by atoms with Crippen LogP contribution in [0.3, 0.4) is 0 Å². The summed E-state index contributed by atoms with van der Waals surface area (Å²) < 4.78 is 0. The van der Waals surface area contributed by atoms with Crippen LogP contribution in [0.5, 0.6) is 0 Å². The van der Waals surface area contributed by atoms with E-state index in [1.165, 1.54) is 0 Å². The number of nitrogens with two attached hydrogens (primary N) is 1. The molecular formula is C16H28N4O5. The molecule has 0 aromatic carbocycles. The van der Waals surface area contributed by atoms with Gasteiger partial charge in [-0.25, -0.2) is 4.79 Å². The highest BCUT2D eigenvalue weighted by Gasteiger charge is 2.32. The number of amides is 3. The second-order valence-electron chi connectivity index (χ2n) is 6.43. The number of carbonyl (C=O) groups excluding carboxylic acids is 3. The largest absolute Gasteiger partial charge is 0.480 e. The molecule has 1 aliphatic heterocycles. The zero-order chi connectivity index (χ0) is 19.0. The Morgan fingerprint density at radius 2 is 1.96 bits per heavy atom. The molecule has 1 aliphatic rings. The number of carboxylic acid groups (broad SMARTS) is 1. The lowest BCUT2D eigenvalue weighted by Gasteiger charge is -2.26. The summed E-state index contributed by atoms with van der Waals surface area (Å²) in [5.74, 6) is -2.89. The van der Waals surface area contributed by atoms with Gasteiger partial charge in [-0.05, 0) is 31.7 Å².